The second kappa shape index (κ2) is 6.52. The minimum atomic E-state index is 0.663. The highest BCUT2D eigenvalue weighted by atomic mass is 16.5. The Labute approximate surface area is 125 Å². The number of imidazole rings is 1. The third-order valence-corrected chi connectivity index (χ3v) is 3.51. The number of nitrogens with two attached hydrogens (primary N) is 1. The fourth-order valence-corrected chi connectivity index (χ4v) is 2.53. The fraction of sp³-hybridized carbons (Fsp3) is 0.438. The number of aromatic nitrogens is 2. The molecule has 2 rings (SSSR count). The van der Waals surface area contributed by atoms with E-state index in [2.05, 4.69) is 18.4 Å². The van der Waals surface area contributed by atoms with E-state index in [-0.39, 0.29) is 0 Å². The Morgan fingerprint density at radius 2 is 1.95 bits per heavy atom. The van der Waals surface area contributed by atoms with Gasteiger partial charge in [0, 0.05) is 18.5 Å². The SMILES string of the molecule is CCCn1c(CC)nc(-c2cccc(OC)c2OC)c1N. The molecule has 0 radical (unpaired) electrons. The van der Waals surface area contributed by atoms with Crippen molar-refractivity contribution < 1.29 is 9.47 Å². The van der Waals surface area contributed by atoms with Gasteiger partial charge in [-0.05, 0) is 18.6 Å². The number of para-hydroxylation sites is 1. The number of benzene rings is 1. The van der Waals surface area contributed by atoms with Gasteiger partial charge in [-0.25, -0.2) is 4.98 Å². The lowest BCUT2D eigenvalue weighted by Gasteiger charge is -2.12. The molecule has 0 bridgehead atoms. The summed E-state index contributed by atoms with van der Waals surface area (Å²) in [5.41, 5.74) is 7.94. The smallest absolute Gasteiger partial charge is 0.170 e. The maximum atomic E-state index is 6.32. The molecule has 0 saturated heterocycles. The van der Waals surface area contributed by atoms with Crippen LogP contribution in [0.4, 0.5) is 5.82 Å². The average molecular weight is 289 g/mol. The fourth-order valence-electron chi connectivity index (χ4n) is 2.53. The molecule has 114 valence electrons. The third kappa shape index (κ3) is 2.68. The standard InChI is InChI=1S/C16H23N3O2/c1-5-10-19-13(6-2)18-14(16(19)17)11-8-7-9-12(20-3)15(11)21-4/h7-9H,5-6,10,17H2,1-4H3. The molecule has 0 atom stereocenters. The predicted molar refractivity (Wildman–Crippen MR) is 84.8 cm³/mol. The largest absolute Gasteiger partial charge is 0.493 e. The molecule has 1 heterocycles. The van der Waals surface area contributed by atoms with Gasteiger partial charge >= 0.3 is 0 Å². The molecule has 0 amide bonds. The lowest BCUT2D eigenvalue weighted by molar-refractivity contribution is 0.356. The number of methoxy groups -OCH3 is 2. The summed E-state index contributed by atoms with van der Waals surface area (Å²) in [4.78, 5) is 4.70. The number of aryl methyl sites for hydroxylation is 1. The van der Waals surface area contributed by atoms with Crippen LogP contribution in [0.3, 0.4) is 0 Å². The van der Waals surface area contributed by atoms with Crippen LogP contribution in [0.25, 0.3) is 11.3 Å². The van der Waals surface area contributed by atoms with Crippen molar-refractivity contribution in [3.05, 3.63) is 24.0 Å². The topological polar surface area (TPSA) is 62.3 Å². The molecular weight excluding hydrogens is 266 g/mol. The zero-order valence-corrected chi connectivity index (χ0v) is 13.1. The molecule has 0 saturated carbocycles. The van der Waals surface area contributed by atoms with Crippen molar-refractivity contribution in [2.75, 3.05) is 20.0 Å². The van der Waals surface area contributed by atoms with E-state index in [1.54, 1.807) is 14.2 Å². The Balaban J connectivity index is 2.62. The van der Waals surface area contributed by atoms with Gasteiger partial charge in [-0.2, -0.15) is 0 Å². The average Bonchev–Trinajstić information content (AvgIpc) is 2.83. The van der Waals surface area contributed by atoms with Crippen LogP contribution < -0.4 is 15.2 Å². The van der Waals surface area contributed by atoms with Crippen LogP contribution in [0.5, 0.6) is 11.5 Å². The van der Waals surface area contributed by atoms with Gasteiger partial charge in [0.2, 0.25) is 0 Å². The van der Waals surface area contributed by atoms with E-state index in [9.17, 15) is 0 Å². The van der Waals surface area contributed by atoms with Crippen LogP contribution in [-0.2, 0) is 13.0 Å². The van der Waals surface area contributed by atoms with Crippen LogP contribution in [0, 0.1) is 0 Å². The Kier molecular flexibility index (Phi) is 4.73. The summed E-state index contributed by atoms with van der Waals surface area (Å²) in [7, 11) is 3.25. The van der Waals surface area contributed by atoms with E-state index in [0.717, 1.165) is 36.5 Å². The molecule has 1 aromatic carbocycles. The third-order valence-electron chi connectivity index (χ3n) is 3.51. The monoisotopic (exact) mass is 289 g/mol. The van der Waals surface area contributed by atoms with Crippen molar-refractivity contribution in [3.63, 3.8) is 0 Å². The molecule has 5 nitrogen and oxygen atoms in total. The second-order valence-corrected chi connectivity index (χ2v) is 4.81. The molecule has 0 spiro atoms. The first-order valence-corrected chi connectivity index (χ1v) is 7.24. The first-order valence-electron chi connectivity index (χ1n) is 7.24. The minimum absolute atomic E-state index is 0.663. The van der Waals surface area contributed by atoms with Crippen LogP contribution in [-0.4, -0.2) is 23.8 Å². The zero-order chi connectivity index (χ0) is 15.4. The lowest BCUT2D eigenvalue weighted by Crippen LogP contribution is -2.06. The molecule has 2 N–H and O–H groups in total. The van der Waals surface area contributed by atoms with Crippen molar-refractivity contribution in [2.24, 2.45) is 0 Å². The van der Waals surface area contributed by atoms with Gasteiger partial charge in [-0.3, -0.25) is 0 Å². The number of anilines is 1. The summed E-state index contributed by atoms with van der Waals surface area (Å²) in [6.45, 7) is 5.08. The molecule has 0 aliphatic heterocycles. The molecular formula is C16H23N3O2. The number of hydrogen-bond acceptors (Lipinski definition) is 4. The van der Waals surface area contributed by atoms with Crippen LogP contribution in [0.2, 0.25) is 0 Å². The molecule has 0 aliphatic carbocycles. The summed E-state index contributed by atoms with van der Waals surface area (Å²) in [6, 6.07) is 5.73. The van der Waals surface area contributed by atoms with E-state index in [1.807, 2.05) is 18.2 Å². The van der Waals surface area contributed by atoms with Crippen molar-refractivity contribution in [2.45, 2.75) is 33.2 Å². The number of rotatable bonds is 6. The predicted octanol–water partition coefficient (Wildman–Crippen LogP) is 3.12. The lowest BCUT2D eigenvalue weighted by atomic mass is 10.1. The van der Waals surface area contributed by atoms with Gasteiger partial charge in [-0.1, -0.05) is 19.9 Å². The number of hydrogen-bond donors (Lipinski definition) is 1. The summed E-state index contributed by atoms with van der Waals surface area (Å²) in [5, 5.41) is 0. The van der Waals surface area contributed by atoms with E-state index < -0.39 is 0 Å². The molecule has 2 aromatic rings. The molecule has 1 aromatic heterocycles. The van der Waals surface area contributed by atoms with Gasteiger partial charge in [0.25, 0.3) is 0 Å². The number of ether oxygens (including phenoxy) is 2. The Morgan fingerprint density at radius 1 is 1.19 bits per heavy atom. The molecule has 21 heavy (non-hydrogen) atoms. The van der Waals surface area contributed by atoms with E-state index in [4.69, 9.17) is 20.2 Å². The highest BCUT2D eigenvalue weighted by molar-refractivity contribution is 5.78. The van der Waals surface area contributed by atoms with Crippen molar-refractivity contribution in [1.29, 1.82) is 0 Å². The van der Waals surface area contributed by atoms with Crippen molar-refractivity contribution in [3.8, 4) is 22.8 Å². The molecule has 0 fully saturated rings. The van der Waals surface area contributed by atoms with Crippen LogP contribution in [0.15, 0.2) is 18.2 Å². The van der Waals surface area contributed by atoms with Gasteiger partial charge in [-0.15, -0.1) is 0 Å². The molecule has 5 heteroatoms. The summed E-state index contributed by atoms with van der Waals surface area (Å²) in [5.74, 6) is 3.02. The molecule has 0 aliphatic rings. The Bertz CT molecular complexity index is 620. The highest BCUT2D eigenvalue weighted by Gasteiger charge is 2.19. The Morgan fingerprint density at radius 3 is 2.52 bits per heavy atom. The minimum Gasteiger partial charge on any atom is -0.493 e. The zero-order valence-electron chi connectivity index (χ0n) is 13.1. The molecule has 0 unspecified atom stereocenters. The number of nitrogen functional groups attached to an aromatic ring is 1. The van der Waals surface area contributed by atoms with E-state index in [0.29, 0.717) is 17.3 Å². The summed E-state index contributed by atoms with van der Waals surface area (Å²) >= 11 is 0. The first-order chi connectivity index (χ1) is 10.2. The highest BCUT2D eigenvalue weighted by Crippen LogP contribution is 2.39. The van der Waals surface area contributed by atoms with E-state index in [1.165, 1.54) is 0 Å². The van der Waals surface area contributed by atoms with Crippen molar-refractivity contribution >= 4 is 5.82 Å². The first kappa shape index (κ1) is 15.2. The Hall–Kier alpha value is -2.17. The maximum Gasteiger partial charge on any atom is 0.170 e. The van der Waals surface area contributed by atoms with Gasteiger partial charge < -0.3 is 19.8 Å². The summed E-state index contributed by atoms with van der Waals surface area (Å²) < 4.78 is 12.9. The second-order valence-electron chi connectivity index (χ2n) is 4.81. The quantitative estimate of drug-likeness (QED) is 0.887. The van der Waals surface area contributed by atoms with E-state index >= 15 is 0 Å². The van der Waals surface area contributed by atoms with Gasteiger partial charge in [0.15, 0.2) is 11.5 Å². The van der Waals surface area contributed by atoms with Crippen molar-refractivity contribution in [1.82, 2.24) is 9.55 Å². The van der Waals surface area contributed by atoms with Crippen LogP contribution >= 0.6 is 0 Å². The number of nitrogens with zero attached hydrogens (tertiary/aromatic N) is 2. The summed E-state index contributed by atoms with van der Waals surface area (Å²) in [6.07, 6.45) is 1.86. The van der Waals surface area contributed by atoms with Gasteiger partial charge in [0.1, 0.15) is 17.3 Å². The normalized spacial score (nSPS) is 10.7. The van der Waals surface area contributed by atoms with Gasteiger partial charge in [0.05, 0.1) is 14.2 Å². The maximum absolute atomic E-state index is 6.32. The van der Waals surface area contributed by atoms with Crippen LogP contribution in [0.1, 0.15) is 26.1 Å².